The molecule has 0 aliphatic rings. The Morgan fingerprint density at radius 3 is 2.41 bits per heavy atom. The highest BCUT2D eigenvalue weighted by molar-refractivity contribution is 8.03. The lowest BCUT2D eigenvalue weighted by atomic mass is 10.0. The van der Waals surface area contributed by atoms with Crippen LogP contribution in [-0.4, -0.2) is 21.0 Å². The molecule has 2 heterocycles. The number of hydrogen-bond acceptors (Lipinski definition) is 3. The number of hydrogen-bond donors (Lipinski definition) is 1. The second-order valence-electron chi connectivity index (χ2n) is 7.14. The van der Waals surface area contributed by atoms with Crippen molar-refractivity contribution >= 4 is 15.8 Å². The zero-order valence-corrected chi connectivity index (χ0v) is 18.2. The van der Waals surface area contributed by atoms with E-state index in [9.17, 15) is 13.0 Å². The molecule has 4 aromatic rings. The summed E-state index contributed by atoms with van der Waals surface area (Å²) >= 11 is 0. The van der Waals surface area contributed by atoms with Gasteiger partial charge in [0, 0.05) is 30.7 Å². The van der Waals surface area contributed by atoms with Gasteiger partial charge in [0.1, 0.15) is 23.5 Å². The molecule has 2 aromatic carbocycles. The Balaban J connectivity index is 1.83. The Morgan fingerprint density at radius 1 is 1.00 bits per heavy atom. The average molecular weight is 458 g/mol. The Morgan fingerprint density at radius 2 is 1.72 bits per heavy atom. The van der Waals surface area contributed by atoms with Gasteiger partial charge in [-0.1, -0.05) is 16.3 Å². The summed E-state index contributed by atoms with van der Waals surface area (Å²) in [5, 5.41) is 4.36. The molecule has 0 spiro atoms. The van der Waals surface area contributed by atoms with Crippen LogP contribution >= 0.6 is 0 Å². The third kappa shape index (κ3) is 4.03. The molecule has 4 rings (SSSR count). The predicted molar refractivity (Wildman–Crippen MR) is 119 cm³/mol. The van der Waals surface area contributed by atoms with Gasteiger partial charge in [0.15, 0.2) is 11.6 Å². The number of benzene rings is 2. The molecule has 0 fully saturated rings. The third-order valence-corrected chi connectivity index (χ3v) is 6.75. The smallest absolute Gasteiger partial charge is 0.217 e. The molecule has 32 heavy (non-hydrogen) atoms. The Bertz CT molecular complexity index is 1320. The van der Waals surface area contributed by atoms with Crippen LogP contribution in [-0.2, 0) is 20.9 Å². The van der Waals surface area contributed by atoms with Gasteiger partial charge < -0.3 is 0 Å². The maximum absolute atomic E-state index is 15.6. The molecular formula is C23H20F3N4OS+. The molecule has 0 bridgehead atoms. The lowest BCUT2D eigenvalue weighted by Crippen LogP contribution is -2.22. The third-order valence-electron chi connectivity index (χ3n) is 4.97. The van der Waals surface area contributed by atoms with E-state index in [0.717, 1.165) is 12.1 Å². The first-order chi connectivity index (χ1) is 15.3. The number of pyridine rings is 1. The standard InChI is InChI=1S/C23H20F3N4OS/c1-3-30-14-16(15-10-12-27-13-11-15)23(28-30)21-18(25)8-9-19(22(21)26)29-32(2,31)20-7-5-4-6-17(20)24/h4-14H,3H2,1-2H3,(H,29,31)/q+1. The van der Waals surface area contributed by atoms with Crippen molar-refractivity contribution in [1.29, 1.82) is 0 Å². The minimum atomic E-state index is -3.21. The summed E-state index contributed by atoms with van der Waals surface area (Å²) in [5.41, 5.74) is 0.736. The van der Waals surface area contributed by atoms with Crippen molar-refractivity contribution < 1.29 is 17.4 Å². The fraction of sp³-hybridized carbons (Fsp3) is 0.130. The topological polar surface area (TPSA) is 59.8 Å². The molecule has 1 N–H and O–H groups in total. The van der Waals surface area contributed by atoms with Gasteiger partial charge in [0.2, 0.25) is 15.0 Å². The number of nitrogens with one attached hydrogen (secondary N) is 1. The molecule has 9 heteroatoms. The number of nitrogens with zero attached hydrogens (tertiary/aromatic N) is 3. The summed E-state index contributed by atoms with van der Waals surface area (Å²) in [4.78, 5) is 3.88. The maximum atomic E-state index is 15.6. The van der Waals surface area contributed by atoms with E-state index in [1.807, 2.05) is 6.92 Å². The largest absolute Gasteiger partial charge is 0.272 e. The van der Waals surface area contributed by atoms with Crippen LogP contribution in [0, 0.1) is 17.5 Å². The number of halogens is 3. The van der Waals surface area contributed by atoms with Crippen LogP contribution in [0.1, 0.15) is 6.92 Å². The van der Waals surface area contributed by atoms with Crippen LogP contribution in [0.25, 0.3) is 22.4 Å². The first-order valence-corrected chi connectivity index (χ1v) is 11.8. The highest BCUT2D eigenvalue weighted by Gasteiger charge is 2.32. The number of anilines is 1. The zero-order valence-electron chi connectivity index (χ0n) is 17.3. The fourth-order valence-electron chi connectivity index (χ4n) is 3.38. The summed E-state index contributed by atoms with van der Waals surface area (Å²) in [6.45, 7) is 2.35. The Kier molecular flexibility index (Phi) is 5.84. The summed E-state index contributed by atoms with van der Waals surface area (Å²) in [7, 11) is -3.21. The SMILES string of the molecule is CCn1cc(-c2ccncc2)c(-c2c(F)ccc(N[S+](C)(=O)c3ccccc3F)c2F)n1. The van der Waals surface area contributed by atoms with Crippen LogP contribution < -0.4 is 4.72 Å². The van der Waals surface area contributed by atoms with Crippen LogP contribution in [0.4, 0.5) is 18.9 Å². The second kappa shape index (κ2) is 8.58. The van der Waals surface area contributed by atoms with Gasteiger partial charge in [-0.15, -0.1) is 0 Å². The second-order valence-corrected chi connectivity index (χ2v) is 9.47. The average Bonchev–Trinajstić information content (AvgIpc) is 3.21. The van der Waals surface area contributed by atoms with Gasteiger partial charge >= 0.3 is 0 Å². The van der Waals surface area contributed by atoms with E-state index in [4.69, 9.17) is 0 Å². The predicted octanol–water partition coefficient (Wildman–Crippen LogP) is 5.56. The minimum Gasteiger partial charge on any atom is -0.272 e. The highest BCUT2D eigenvalue weighted by atomic mass is 32.3. The van der Waals surface area contributed by atoms with Crippen LogP contribution in [0.5, 0.6) is 0 Å². The van der Waals surface area contributed by atoms with Crippen molar-refractivity contribution in [3.8, 4) is 22.4 Å². The van der Waals surface area contributed by atoms with Gasteiger partial charge in [-0.05, 0) is 48.9 Å². The van der Waals surface area contributed by atoms with E-state index < -0.39 is 27.6 Å². The lowest BCUT2D eigenvalue weighted by Gasteiger charge is -2.13. The van der Waals surface area contributed by atoms with E-state index in [0.29, 0.717) is 17.7 Å². The van der Waals surface area contributed by atoms with Gasteiger partial charge in [0.25, 0.3) is 0 Å². The molecular weight excluding hydrogens is 437 g/mol. The van der Waals surface area contributed by atoms with E-state index in [1.54, 1.807) is 35.4 Å². The quantitative estimate of drug-likeness (QED) is 0.386. The number of aryl methyl sites for hydroxylation is 1. The molecule has 0 aliphatic carbocycles. The van der Waals surface area contributed by atoms with Crippen LogP contribution in [0.3, 0.4) is 0 Å². The highest BCUT2D eigenvalue weighted by Crippen LogP contribution is 2.37. The Labute approximate surface area is 184 Å². The first-order valence-electron chi connectivity index (χ1n) is 9.79. The Hall–Kier alpha value is -3.46. The van der Waals surface area contributed by atoms with Crippen molar-refractivity contribution in [3.05, 3.63) is 84.6 Å². The first kappa shape index (κ1) is 21.8. The number of aromatic nitrogens is 3. The van der Waals surface area contributed by atoms with E-state index in [-0.39, 0.29) is 21.8 Å². The molecule has 1 atom stereocenters. The fourth-order valence-corrected chi connectivity index (χ4v) is 4.85. The van der Waals surface area contributed by atoms with E-state index in [1.165, 1.54) is 30.5 Å². The molecule has 164 valence electrons. The monoisotopic (exact) mass is 457 g/mol. The van der Waals surface area contributed by atoms with Crippen molar-refractivity contribution in [1.82, 2.24) is 14.8 Å². The van der Waals surface area contributed by atoms with Crippen molar-refractivity contribution in [3.63, 3.8) is 0 Å². The van der Waals surface area contributed by atoms with Crippen molar-refractivity contribution in [2.45, 2.75) is 18.4 Å². The van der Waals surface area contributed by atoms with Gasteiger partial charge in [-0.3, -0.25) is 9.67 Å². The molecule has 5 nitrogen and oxygen atoms in total. The van der Waals surface area contributed by atoms with Gasteiger partial charge in [-0.2, -0.15) is 9.82 Å². The summed E-state index contributed by atoms with van der Waals surface area (Å²) in [5.74, 6) is -2.47. The number of rotatable bonds is 6. The van der Waals surface area contributed by atoms with Crippen molar-refractivity contribution in [2.75, 3.05) is 11.0 Å². The molecule has 0 aliphatic heterocycles. The molecule has 1 unspecified atom stereocenters. The van der Waals surface area contributed by atoms with Crippen LogP contribution in [0.2, 0.25) is 0 Å². The summed E-state index contributed by atoms with van der Waals surface area (Å²) in [6, 6.07) is 11.2. The minimum absolute atomic E-state index is 0.0991. The van der Waals surface area contributed by atoms with Gasteiger partial charge in [-0.25, -0.2) is 13.2 Å². The molecule has 0 radical (unpaired) electrons. The molecule has 2 aromatic heterocycles. The normalized spacial score (nSPS) is 13.0. The molecule has 0 saturated carbocycles. The zero-order chi connectivity index (χ0) is 22.9. The molecule has 0 amide bonds. The van der Waals surface area contributed by atoms with Gasteiger partial charge in [0.05, 0.1) is 5.56 Å². The summed E-state index contributed by atoms with van der Waals surface area (Å²) in [6.07, 6.45) is 6.12. The van der Waals surface area contributed by atoms with Crippen molar-refractivity contribution in [2.24, 2.45) is 0 Å². The molecule has 0 saturated heterocycles. The summed E-state index contributed by atoms with van der Waals surface area (Å²) < 4.78 is 62.0. The van der Waals surface area contributed by atoms with E-state index >= 15 is 4.39 Å². The van der Waals surface area contributed by atoms with Crippen LogP contribution in [0.15, 0.2) is 72.0 Å². The van der Waals surface area contributed by atoms with E-state index in [2.05, 4.69) is 14.8 Å². The lowest BCUT2D eigenvalue weighted by molar-refractivity contribution is 0.569. The maximum Gasteiger partial charge on any atom is 0.217 e.